The lowest BCUT2D eigenvalue weighted by atomic mass is 9.94. The molecule has 2 aromatic rings. The van der Waals surface area contributed by atoms with Crippen LogP contribution in [0.25, 0.3) is 0 Å². The molecule has 150 valence electrons. The van der Waals surface area contributed by atoms with Gasteiger partial charge in [0, 0.05) is 18.7 Å². The lowest BCUT2D eigenvalue weighted by Crippen LogP contribution is -2.34. The molecule has 2 aromatic carbocycles. The van der Waals surface area contributed by atoms with Crippen LogP contribution in [0.4, 0.5) is 0 Å². The maximum absolute atomic E-state index is 12.8. The van der Waals surface area contributed by atoms with E-state index < -0.39 is 0 Å². The van der Waals surface area contributed by atoms with Crippen LogP contribution in [0.2, 0.25) is 5.02 Å². The van der Waals surface area contributed by atoms with E-state index in [4.69, 9.17) is 21.1 Å². The number of carbonyl (C=O) groups excluding carboxylic acids is 1. The first-order chi connectivity index (χ1) is 13.6. The summed E-state index contributed by atoms with van der Waals surface area (Å²) in [5.74, 6) is 1.15. The number of hydrogen-bond donors (Lipinski definition) is 3. The number of halogens is 1. The molecule has 7 heteroatoms. The molecule has 0 bridgehead atoms. The highest BCUT2D eigenvalue weighted by Crippen LogP contribution is 2.32. The average molecular weight is 404 g/mol. The fourth-order valence-electron chi connectivity index (χ4n) is 3.30. The molecule has 2 unspecified atom stereocenters. The van der Waals surface area contributed by atoms with Gasteiger partial charge in [0.15, 0.2) is 0 Å². The summed E-state index contributed by atoms with van der Waals surface area (Å²) in [5.41, 5.74) is 8.15. The Kier molecular flexibility index (Phi) is 7.14. The maximum Gasteiger partial charge on any atom is 0.226 e. The highest BCUT2D eigenvalue weighted by atomic mass is 35.5. The molecule has 0 saturated carbocycles. The van der Waals surface area contributed by atoms with E-state index in [1.807, 2.05) is 56.3 Å². The molecule has 1 aliphatic heterocycles. The van der Waals surface area contributed by atoms with E-state index in [1.54, 1.807) is 0 Å². The van der Waals surface area contributed by atoms with Crippen LogP contribution in [0.15, 0.2) is 42.5 Å². The van der Waals surface area contributed by atoms with Crippen molar-refractivity contribution in [3.8, 4) is 11.5 Å². The smallest absolute Gasteiger partial charge is 0.226 e. The Balaban J connectivity index is 1.67. The van der Waals surface area contributed by atoms with E-state index in [9.17, 15) is 4.79 Å². The van der Waals surface area contributed by atoms with Gasteiger partial charge in [-0.05, 0) is 37.6 Å². The number of para-hydroxylation sites is 1. The average Bonchev–Trinajstić information content (AvgIpc) is 3.19. The number of benzene rings is 2. The van der Waals surface area contributed by atoms with Gasteiger partial charge < -0.3 is 14.8 Å². The highest BCUT2D eigenvalue weighted by Gasteiger charge is 2.34. The summed E-state index contributed by atoms with van der Waals surface area (Å²) in [6.07, 6.45) is 0. The van der Waals surface area contributed by atoms with Crippen molar-refractivity contribution in [2.45, 2.75) is 26.4 Å². The van der Waals surface area contributed by atoms with E-state index >= 15 is 0 Å². The van der Waals surface area contributed by atoms with Crippen LogP contribution in [0, 0.1) is 5.92 Å². The van der Waals surface area contributed by atoms with Gasteiger partial charge >= 0.3 is 0 Å². The third-order valence-electron chi connectivity index (χ3n) is 4.66. The minimum Gasteiger partial charge on any atom is -0.494 e. The number of carbonyl (C=O) groups is 1. The topological polar surface area (TPSA) is 71.6 Å². The second-order valence-electron chi connectivity index (χ2n) is 6.49. The predicted molar refractivity (Wildman–Crippen MR) is 109 cm³/mol. The van der Waals surface area contributed by atoms with Crippen LogP contribution in [0.3, 0.4) is 0 Å². The molecule has 0 radical (unpaired) electrons. The molecule has 6 nitrogen and oxygen atoms in total. The first-order valence-electron chi connectivity index (χ1n) is 9.53. The number of hydrogen-bond acceptors (Lipinski definition) is 5. The zero-order chi connectivity index (χ0) is 19.9. The zero-order valence-corrected chi connectivity index (χ0v) is 16.9. The first-order valence-corrected chi connectivity index (χ1v) is 9.90. The summed E-state index contributed by atoms with van der Waals surface area (Å²) in [7, 11) is 0. The minimum atomic E-state index is -0.256. The van der Waals surface area contributed by atoms with Gasteiger partial charge in [-0.3, -0.25) is 10.2 Å². The number of hydrazine groups is 1. The molecule has 3 rings (SSSR count). The van der Waals surface area contributed by atoms with E-state index in [0.29, 0.717) is 37.1 Å². The maximum atomic E-state index is 12.8. The van der Waals surface area contributed by atoms with Crippen molar-refractivity contribution in [2.75, 3.05) is 19.8 Å². The third-order valence-corrected chi connectivity index (χ3v) is 4.95. The zero-order valence-electron chi connectivity index (χ0n) is 16.1. The van der Waals surface area contributed by atoms with Crippen LogP contribution in [0.5, 0.6) is 11.5 Å². The van der Waals surface area contributed by atoms with Crippen LogP contribution >= 0.6 is 11.6 Å². The van der Waals surface area contributed by atoms with Gasteiger partial charge in [0.25, 0.3) is 0 Å². The minimum absolute atomic E-state index is 0.0289. The van der Waals surface area contributed by atoms with Gasteiger partial charge in [-0.1, -0.05) is 35.9 Å². The summed E-state index contributed by atoms with van der Waals surface area (Å²) in [5, 5.41) is 3.57. The molecule has 1 heterocycles. The van der Waals surface area contributed by atoms with Crippen molar-refractivity contribution >= 4 is 17.5 Å². The fraction of sp³-hybridized carbons (Fsp3) is 0.381. The van der Waals surface area contributed by atoms with Crippen molar-refractivity contribution in [3.63, 3.8) is 0 Å². The molecule has 3 N–H and O–H groups in total. The van der Waals surface area contributed by atoms with Crippen molar-refractivity contribution < 1.29 is 14.3 Å². The Morgan fingerprint density at radius 1 is 1.14 bits per heavy atom. The van der Waals surface area contributed by atoms with E-state index in [0.717, 1.165) is 16.9 Å². The van der Waals surface area contributed by atoms with Gasteiger partial charge in [-0.2, -0.15) is 0 Å². The Morgan fingerprint density at radius 3 is 2.64 bits per heavy atom. The molecule has 2 atom stereocenters. The molecule has 0 spiro atoms. The molecule has 1 saturated heterocycles. The molecular weight excluding hydrogens is 378 g/mol. The standard InChI is InChI=1S/C21H26ClN3O3/c1-3-27-18-8-6-5-7-15(18)12-23-21(26)16-13-24-25-20(16)14-9-10-19(28-4-2)17(22)11-14/h5-11,16,20,24-25H,3-4,12-13H2,1-2H3,(H,23,26). The number of rotatable bonds is 8. The van der Waals surface area contributed by atoms with Crippen molar-refractivity contribution in [3.05, 3.63) is 58.6 Å². The largest absolute Gasteiger partial charge is 0.494 e. The normalized spacial score (nSPS) is 18.7. The van der Waals surface area contributed by atoms with Crippen molar-refractivity contribution in [2.24, 2.45) is 5.92 Å². The lowest BCUT2D eigenvalue weighted by Gasteiger charge is -2.20. The quantitative estimate of drug-likeness (QED) is 0.631. The Labute approximate surface area is 170 Å². The van der Waals surface area contributed by atoms with Gasteiger partial charge in [-0.15, -0.1) is 0 Å². The Bertz CT molecular complexity index is 815. The van der Waals surface area contributed by atoms with E-state index in [2.05, 4.69) is 16.2 Å². The van der Waals surface area contributed by atoms with Gasteiger partial charge in [0.05, 0.1) is 30.2 Å². The SMILES string of the molecule is CCOc1ccc(C2NNCC2C(=O)NCc2ccccc2OCC)cc1Cl. The molecule has 1 fully saturated rings. The Morgan fingerprint density at radius 2 is 1.89 bits per heavy atom. The molecule has 1 amide bonds. The predicted octanol–water partition coefficient (Wildman–Crippen LogP) is 3.22. The highest BCUT2D eigenvalue weighted by molar-refractivity contribution is 6.32. The van der Waals surface area contributed by atoms with Crippen LogP contribution in [-0.2, 0) is 11.3 Å². The number of ether oxygens (including phenoxy) is 2. The van der Waals surface area contributed by atoms with Crippen LogP contribution < -0.4 is 25.6 Å². The monoisotopic (exact) mass is 403 g/mol. The number of amides is 1. The molecule has 28 heavy (non-hydrogen) atoms. The lowest BCUT2D eigenvalue weighted by molar-refractivity contribution is -0.125. The van der Waals surface area contributed by atoms with Crippen molar-refractivity contribution in [1.82, 2.24) is 16.2 Å². The van der Waals surface area contributed by atoms with E-state index in [-0.39, 0.29) is 17.9 Å². The van der Waals surface area contributed by atoms with Crippen LogP contribution in [0.1, 0.15) is 31.0 Å². The molecule has 0 aromatic heterocycles. The Hall–Kier alpha value is -2.28. The second-order valence-corrected chi connectivity index (χ2v) is 6.90. The van der Waals surface area contributed by atoms with E-state index in [1.165, 1.54) is 0 Å². The summed E-state index contributed by atoms with van der Waals surface area (Å²) in [6, 6.07) is 13.2. The molecule has 0 aliphatic carbocycles. The van der Waals surface area contributed by atoms with Gasteiger partial charge in [-0.25, -0.2) is 5.43 Å². The summed E-state index contributed by atoms with van der Waals surface area (Å²) < 4.78 is 11.1. The first kappa shape index (κ1) is 20.5. The molecular formula is C21H26ClN3O3. The number of nitrogens with one attached hydrogen (secondary N) is 3. The summed E-state index contributed by atoms with van der Waals surface area (Å²) in [4.78, 5) is 12.8. The molecule has 1 aliphatic rings. The van der Waals surface area contributed by atoms with Gasteiger partial charge in [0.1, 0.15) is 11.5 Å². The fourth-order valence-corrected chi connectivity index (χ4v) is 3.54. The summed E-state index contributed by atoms with van der Waals surface area (Å²) >= 11 is 6.31. The van der Waals surface area contributed by atoms with Crippen LogP contribution in [-0.4, -0.2) is 25.7 Å². The summed E-state index contributed by atoms with van der Waals surface area (Å²) in [6.45, 7) is 5.95. The van der Waals surface area contributed by atoms with Crippen molar-refractivity contribution in [1.29, 1.82) is 0 Å². The second kappa shape index (κ2) is 9.78. The third kappa shape index (κ3) is 4.76. The van der Waals surface area contributed by atoms with Gasteiger partial charge in [0.2, 0.25) is 5.91 Å².